The number of benzene rings is 1. The third-order valence-corrected chi connectivity index (χ3v) is 3.93. The predicted molar refractivity (Wildman–Crippen MR) is 86.2 cm³/mol. The van der Waals surface area contributed by atoms with Crippen LogP contribution in [0.15, 0.2) is 24.3 Å². The normalized spacial score (nSPS) is 17.6. The van der Waals surface area contributed by atoms with E-state index in [2.05, 4.69) is 5.32 Å². The van der Waals surface area contributed by atoms with Crippen molar-refractivity contribution in [1.29, 1.82) is 0 Å². The van der Waals surface area contributed by atoms with Gasteiger partial charge in [-0.3, -0.25) is 14.4 Å². The highest BCUT2D eigenvalue weighted by Gasteiger charge is 2.28. The molecule has 124 valence electrons. The van der Waals surface area contributed by atoms with Gasteiger partial charge in [0.2, 0.25) is 5.91 Å². The number of carboxylic acid groups (broad SMARTS) is 1. The number of rotatable bonds is 5. The molecular formula is C17H22N2O4. The SMILES string of the molecule is CCCC(=O)Nc1cccc(C(=O)N2CCCC(C(=O)O)C2)c1. The lowest BCUT2D eigenvalue weighted by Gasteiger charge is -2.30. The molecule has 6 heteroatoms. The van der Waals surface area contributed by atoms with E-state index in [1.54, 1.807) is 29.2 Å². The van der Waals surface area contributed by atoms with Crippen molar-refractivity contribution in [3.05, 3.63) is 29.8 Å². The number of carbonyl (C=O) groups is 3. The molecule has 1 aliphatic heterocycles. The lowest BCUT2D eigenvalue weighted by molar-refractivity contribution is -0.143. The molecule has 1 heterocycles. The molecule has 1 saturated heterocycles. The number of carbonyl (C=O) groups excluding carboxylic acids is 2. The zero-order chi connectivity index (χ0) is 16.8. The van der Waals surface area contributed by atoms with E-state index in [0.717, 1.165) is 6.42 Å². The van der Waals surface area contributed by atoms with Crippen LogP contribution in [-0.4, -0.2) is 40.9 Å². The summed E-state index contributed by atoms with van der Waals surface area (Å²) < 4.78 is 0. The number of anilines is 1. The summed E-state index contributed by atoms with van der Waals surface area (Å²) in [5.41, 5.74) is 1.05. The summed E-state index contributed by atoms with van der Waals surface area (Å²) in [6.45, 7) is 2.73. The topological polar surface area (TPSA) is 86.7 Å². The number of piperidine rings is 1. The Bertz CT molecular complexity index is 600. The van der Waals surface area contributed by atoms with Crippen LogP contribution in [0.2, 0.25) is 0 Å². The molecule has 0 saturated carbocycles. The average Bonchev–Trinajstić information content (AvgIpc) is 2.54. The number of nitrogens with one attached hydrogen (secondary N) is 1. The van der Waals surface area contributed by atoms with Crippen LogP contribution >= 0.6 is 0 Å². The second-order valence-electron chi connectivity index (χ2n) is 5.81. The molecule has 0 spiro atoms. The summed E-state index contributed by atoms with van der Waals surface area (Å²) in [6.07, 6.45) is 2.49. The van der Waals surface area contributed by atoms with E-state index in [0.29, 0.717) is 37.1 Å². The van der Waals surface area contributed by atoms with Crippen molar-refractivity contribution >= 4 is 23.5 Å². The number of hydrogen-bond acceptors (Lipinski definition) is 3. The molecule has 1 aromatic rings. The summed E-state index contributed by atoms with van der Waals surface area (Å²) in [6, 6.07) is 6.77. The highest BCUT2D eigenvalue weighted by molar-refractivity contribution is 5.97. The van der Waals surface area contributed by atoms with Crippen molar-refractivity contribution in [3.63, 3.8) is 0 Å². The smallest absolute Gasteiger partial charge is 0.308 e. The molecule has 0 radical (unpaired) electrons. The minimum atomic E-state index is -0.858. The molecule has 6 nitrogen and oxygen atoms in total. The van der Waals surface area contributed by atoms with E-state index >= 15 is 0 Å². The van der Waals surface area contributed by atoms with E-state index in [9.17, 15) is 14.4 Å². The van der Waals surface area contributed by atoms with E-state index in [4.69, 9.17) is 5.11 Å². The Kier molecular flexibility index (Phi) is 5.73. The van der Waals surface area contributed by atoms with Crippen molar-refractivity contribution in [2.75, 3.05) is 18.4 Å². The lowest BCUT2D eigenvalue weighted by atomic mass is 9.97. The second-order valence-corrected chi connectivity index (χ2v) is 5.81. The van der Waals surface area contributed by atoms with Gasteiger partial charge in [-0.15, -0.1) is 0 Å². The third-order valence-electron chi connectivity index (χ3n) is 3.93. The fourth-order valence-corrected chi connectivity index (χ4v) is 2.73. The molecule has 2 N–H and O–H groups in total. The van der Waals surface area contributed by atoms with Crippen LogP contribution in [0, 0.1) is 5.92 Å². The molecule has 1 atom stereocenters. The Morgan fingerprint density at radius 3 is 2.83 bits per heavy atom. The molecular weight excluding hydrogens is 296 g/mol. The van der Waals surface area contributed by atoms with Gasteiger partial charge < -0.3 is 15.3 Å². The standard InChI is InChI=1S/C17H22N2O4/c1-2-5-15(20)18-14-8-3-6-12(10-14)16(21)19-9-4-7-13(11-19)17(22)23/h3,6,8,10,13H,2,4-5,7,9,11H2,1H3,(H,18,20)(H,22,23). The van der Waals surface area contributed by atoms with Gasteiger partial charge in [0.25, 0.3) is 5.91 Å². The Morgan fingerprint density at radius 1 is 1.35 bits per heavy atom. The molecule has 23 heavy (non-hydrogen) atoms. The molecule has 1 unspecified atom stereocenters. The summed E-state index contributed by atoms with van der Waals surface area (Å²) >= 11 is 0. The van der Waals surface area contributed by atoms with Gasteiger partial charge in [0.15, 0.2) is 0 Å². The number of hydrogen-bond donors (Lipinski definition) is 2. The minimum Gasteiger partial charge on any atom is -0.481 e. The van der Waals surface area contributed by atoms with E-state index in [-0.39, 0.29) is 18.4 Å². The highest BCUT2D eigenvalue weighted by atomic mass is 16.4. The van der Waals surface area contributed by atoms with Gasteiger partial charge in [-0.2, -0.15) is 0 Å². The van der Waals surface area contributed by atoms with Crippen LogP contribution in [-0.2, 0) is 9.59 Å². The Morgan fingerprint density at radius 2 is 2.13 bits per heavy atom. The first-order chi connectivity index (χ1) is 11.0. The molecule has 1 aliphatic rings. The first kappa shape index (κ1) is 17.0. The number of likely N-dealkylation sites (tertiary alicyclic amines) is 1. The molecule has 0 aliphatic carbocycles. The van der Waals surface area contributed by atoms with Crippen molar-refractivity contribution in [2.45, 2.75) is 32.6 Å². The predicted octanol–water partition coefficient (Wildman–Crippen LogP) is 2.36. The van der Waals surface area contributed by atoms with Crippen LogP contribution in [0.25, 0.3) is 0 Å². The molecule has 1 aromatic carbocycles. The third kappa shape index (κ3) is 4.55. The van der Waals surface area contributed by atoms with Crippen molar-refractivity contribution < 1.29 is 19.5 Å². The monoisotopic (exact) mass is 318 g/mol. The van der Waals surface area contributed by atoms with Crippen LogP contribution in [0.4, 0.5) is 5.69 Å². The molecule has 0 aromatic heterocycles. The first-order valence-electron chi connectivity index (χ1n) is 7.93. The minimum absolute atomic E-state index is 0.0824. The summed E-state index contributed by atoms with van der Waals surface area (Å²) in [5, 5.41) is 11.9. The van der Waals surface area contributed by atoms with Gasteiger partial charge in [-0.1, -0.05) is 13.0 Å². The molecule has 2 rings (SSSR count). The summed E-state index contributed by atoms with van der Waals surface area (Å²) in [5.74, 6) is -1.63. The number of carboxylic acids is 1. The average molecular weight is 318 g/mol. The fourth-order valence-electron chi connectivity index (χ4n) is 2.73. The molecule has 2 amide bonds. The number of aliphatic carboxylic acids is 1. The zero-order valence-electron chi connectivity index (χ0n) is 13.2. The van der Waals surface area contributed by atoms with E-state index in [1.807, 2.05) is 6.92 Å². The van der Waals surface area contributed by atoms with Crippen molar-refractivity contribution in [3.8, 4) is 0 Å². The Labute approximate surface area is 135 Å². The van der Waals surface area contributed by atoms with Gasteiger partial charge >= 0.3 is 5.97 Å². The maximum atomic E-state index is 12.6. The molecule has 1 fully saturated rings. The van der Waals surface area contributed by atoms with Gasteiger partial charge in [0, 0.05) is 30.8 Å². The van der Waals surface area contributed by atoms with Crippen LogP contribution in [0.3, 0.4) is 0 Å². The Balaban J connectivity index is 2.07. The summed E-state index contributed by atoms with van der Waals surface area (Å²) in [7, 11) is 0. The maximum Gasteiger partial charge on any atom is 0.308 e. The number of amides is 2. The van der Waals surface area contributed by atoms with E-state index < -0.39 is 11.9 Å². The Hall–Kier alpha value is -2.37. The van der Waals surface area contributed by atoms with Gasteiger partial charge in [-0.25, -0.2) is 0 Å². The zero-order valence-corrected chi connectivity index (χ0v) is 13.2. The van der Waals surface area contributed by atoms with Crippen molar-refractivity contribution in [1.82, 2.24) is 4.90 Å². The van der Waals surface area contributed by atoms with Gasteiger partial charge in [0.05, 0.1) is 5.92 Å². The van der Waals surface area contributed by atoms with Gasteiger partial charge in [-0.05, 0) is 37.5 Å². The van der Waals surface area contributed by atoms with Crippen LogP contribution in [0.1, 0.15) is 43.0 Å². The van der Waals surface area contributed by atoms with Crippen molar-refractivity contribution in [2.24, 2.45) is 5.92 Å². The molecule has 0 bridgehead atoms. The maximum absolute atomic E-state index is 12.6. The first-order valence-corrected chi connectivity index (χ1v) is 7.93. The lowest BCUT2D eigenvalue weighted by Crippen LogP contribution is -2.42. The fraction of sp³-hybridized carbons (Fsp3) is 0.471. The highest BCUT2D eigenvalue weighted by Crippen LogP contribution is 2.20. The van der Waals surface area contributed by atoms with Gasteiger partial charge in [0.1, 0.15) is 0 Å². The van der Waals surface area contributed by atoms with Crippen LogP contribution < -0.4 is 5.32 Å². The summed E-state index contributed by atoms with van der Waals surface area (Å²) in [4.78, 5) is 36.9. The number of nitrogens with zero attached hydrogens (tertiary/aromatic N) is 1. The largest absolute Gasteiger partial charge is 0.481 e. The van der Waals surface area contributed by atoms with Crippen LogP contribution in [0.5, 0.6) is 0 Å². The quantitative estimate of drug-likeness (QED) is 0.872. The second kappa shape index (κ2) is 7.76. The van der Waals surface area contributed by atoms with E-state index in [1.165, 1.54) is 0 Å².